The molecule has 94 valence electrons. The second-order valence-electron chi connectivity index (χ2n) is 4.21. The zero-order valence-corrected chi connectivity index (χ0v) is 11.3. The van der Waals surface area contributed by atoms with Gasteiger partial charge in [0, 0.05) is 26.8 Å². The fourth-order valence-electron chi connectivity index (χ4n) is 1.93. The van der Waals surface area contributed by atoms with Crippen LogP contribution in [0.1, 0.15) is 22.5 Å². The highest BCUT2D eigenvalue weighted by Crippen LogP contribution is 2.28. The quantitative estimate of drug-likeness (QED) is 0.791. The zero-order valence-electron chi connectivity index (χ0n) is 9.69. The molecule has 2 heterocycles. The number of carbonyl (C=O) groups excluding carboxylic acids is 1. The molecule has 1 aromatic rings. The molecule has 1 aliphatic rings. The summed E-state index contributed by atoms with van der Waals surface area (Å²) >= 11 is 7.19. The van der Waals surface area contributed by atoms with Crippen molar-refractivity contribution in [1.82, 2.24) is 4.98 Å². The monoisotopic (exact) mass is 274 g/mol. The van der Waals surface area contributed by atoms with E-state index in [0.717, 1.165) is 44.0 Å². The van der Waals surface area contributed by atoms with Crippen LogP contribution in [0.3, 0.4) is 0 Å². The smallest absolute Gasteiger partial charge is 0.187 e. The van der Waals surface area contributed by atoms with Gasteiger partial charge < -0.3 is 9.64 Å². The Hall–Kier alpha value is -0.650. The normalized spacial score (nSPS) is 17.1. The molecule has 0 atom stereocenters. The zero-order chi connectivity index (χ0) is 12.3. The number of aldehydes is 1. The maximum absolute atomic E-state index is 10.7. The van der Waals surface area contributed by atoms with Crippen molar-refractivity contribution in [2.75, 3.05) is 31.7 Å². The van der Waals surface area contributed by atoms with E-state index in [9.17, 15) is 4.79 Å². The van der Waals surface area contributed by atoms with Crippen LogP contribution >= 0.6 is 22.9 Å². The van der Waals surface area contributed by atoms with Crippen LogP contribution in [0.4, 0.5) is 5.13 Å². The summed E-state index contributed by atoms with van der Waals surface area (Å²) in [6.45, 7) is 2.62. The van der Waals surface area contributed by atoms with E-state index in [-0.39, 0.29) is 0 Å². The van der Waals surface area contributed by atoms with Gasteiger partial charge in [0.25, 0.3) is 0 Å². The SMILES string of the molecule is CN(CC1CCOCC1)c1nc(Cl)c(C=O)s1. The van der Waals surface area contributed by atoms with Gasteiger partial charge in [-0.1, -0.05) is 22.9 Å². The summed E-state index contributed by atoms with van der Waals surface area (Å²) in [4.78, 5) is 17.5. The lowest BCUT2D eigenvalue weighted by molar-refractivity contribution is 0.0685. The number of carbonyl (C=O) groups is 1. The van der Waals surface area contributed by atoms with E-state index in [4.69, 9.17) is 16.3 Å². The van der Waals surface area contributed by atoms with E-state index in [1.165, 1.54) is 11.3 Å². The standard InChI is InChI=1S/C11H15ClN2O2S/c1-14(6-8-2-4-16-5-3-8)11-13-10(12)9(7-15)17-11/h7-8H,2-6H2,1H3. The summed E-state index contributed by atoms with van der Waals surface area (Å²) in [5.74, 6) is 0.635. The van der Waals surface area contributed by atoms with Crippen LogP contribution in [-0.2, 0) is 4.74 Å². The predicted octanol–water partition coefficient (Wildman–Crippen LogP) is 2.47. The fourth-order valence-corrected chi connectivity index (χ4v) is 2.97. The second kappa shape index (κ2) is 5.80. The number of thiazole rings is 1. The molecule has 0 N–H and O–H groups in total. The van der Waals surface area contributed by atoms with E-state index in [2.05, 4.69) is 9.88 Å². The molecular formula is C11H15ClN2O2S. The largest absolute Gasteiger partial charge is 0.381 e. The van der Waals surface area contributed by atoms with Crippen molar-refractivity contribution in [3.8, 4) is 0 Å². The minimum atomic E-state index is 0.304. The van der Waals surface area contributed by atoms with Gasteiger partial charge in [-0.2, -0.15) is 0 Å². The van der Waals surface area contributed by atoms with Crippen molar-refractivity contribution in [3.05, 3.63) is 10.0 Å². The van der Waals surface area contributed by atoms with Crippen LogP contribution in [-0.4, -0.2) is 38.1 Å². The fraction of sp³-hybridized carbons (Fsp3) is 0.636. The van der Waals surface area contributed by atoms with E-state index >= 15 is 0 Å². The van der Waals surface area contributed by atoms with Gasteiger partial charge in [-0.25, -0.2) is 4.98 Å². The number of anilines is 1. The highest BCUT2D eigenvalue weighted by molar-refractivity contribution is 7.17. The van der Waals surface area contributed by atoms with Gasteiger partial charge in [0.2, 0.25) is 0 Å². The van der Waals surface area contributed by atoms with Gasteiger partial charge in [0.05, 0.1) is 0 Å². The lowest BCUT2D eigenvalue weighted by Crippen LogP contribution is -2.29. The number of nitrogens with zero attached hydrogens (tertiary/aromatic N) is 2. The minimum absolute atomic E-state index is 0.304. The highest BCUT2D eigenvalue weighted by atomic mass is 35.5. The molecular weight excluding hydrogens is 260 g/mol. The average Bonchev–Trinajstić information content (AvgIpc) is 2.72. The first kappa shape index (κ1) is 12.8. The molecule has 1 fully saturated rings. The van der Waals surface area contributed by atoms with Crippen LogP contribution in [0.15, 0.2) is 0 Å². The van der Waals surface area contributed by atoms with Crippen LogP contribution in [0.25, 0.3) is 0 Å². The van der Waals surface area contributed by atoms with Crippen LogP contribution in [0.2, 0.25) is 5.15 Å². The Kier molecular flexibility index (Phi) is 4.36. The molecule has 17 heavy (non-hydrogen) atoms. The second-order valence-corrected chi connectivity index (χ2v) is 5.57. The van der Waals surface area contributed by atoms with E-state index in [1.807, 2.05) is 7.05 Å². The molecule has 2 rings (SSSR count). The molecule has 0 amide bonds. The summed E-state index contributed by atoms with van der Waals surface area (Å²) in [6.07, 6.45) is 2.93. The number of aromatic nitrogens is 1. The molecule has 4 nitrogen and oxygen atoms in total. The van der Waals surface area contributed by atoms with Crippen molar-refractivity contribution < 1.29 is 9.53 Å². The molecule has 0 unspecified atom stereocenters. The van der Waals surface area contributed by atoms with Crippen LogP contribution in [0.5, 0.6) is 0 Å². The Labute approximate surface area is 110 Å². The Morgan fingerprint density at radius 1 is 1.59 bits per heavy atom. The molecule has 1 aromatic heterocycles. The lowest BCUT2D eigenvalue weighted by Gasteiger charge is -2.26. The summed E-state index contributed by atoms with van der Waals surface area (Å²) < 4.78 is 5.33. The Balaban J connectivity index is 1.98. The highest BCUT2D eigenvalue weighted by Gasteiger charge is 2.18. The molecule has 1 saturated heterocycles. The van der Waals surface area contributed by atoms with Crippen molar-refractivity contribution in [3.63, 3.8) is 0 Å². The van der Waals surface area contributed by atoms with Gasteiger partial charge >= 0.3 is 0 Å². The molecule has 0 aromatic carbocycles. The van der Waals surface area contributed by atoms with Crippen molar-refractivity contribution >= 4 is 34.4 Å². The molecule has 0 spiro atoms. The van der Waals surface area contributed by atoms with E-state index in [0.29, 0.717) is 15.9 Å². The first-order chi connectivity index (χ1) is 8.20. The molecule has 1 aliphatic heterocycles. The van der Waals surface area contributed by atoms with Gasteiger partial charge in [-0.15, -0.1) is 0 Å². The number of ether oxygens (including phenoxy) is 1. The third kappa shape index (κ3) is 3.18. The molecule has 0 aliphatic carbocycles. The van der Waals surface area contributed by atoms with Gasteiger partial charge in [0.15, 0.2) is 16.6 Å². The first-order valence-electron chi connectivity index (χ1n) is 5.61. The molecule has 6 heteroatoms. The van der Waals surface area contributed by atoms with E-state index < -0.39 is 0 Å². The van der Waals surface area contributed by atoms with Gasteiger partial charge in [-0.05, 0) is 18.8 Å². The summed E-state index contributed by atoms with van der Waals surface area (Å²) in [6, 6.07) is 0. The maximum atomic E-state index is 10.7. The number of rotatable bonds is 4. The van der Waals surface area contributed by atoms with Crippen molar-refractivity contribution in [2.45, 2.75) is 12.8 Å². The Morgan fingerprint density at radius 2 is 2.29 bits per heavy atom. The lowest BCUT2D eigenvalue weighted by atomic mass is 10.0. The number of halogens is 1. The molecule has 0 saturated carbocycles. The summed E-state index contributed by atoms with van der Waals surface area (Å²) in [5.41, 5.74) is 0. The minimum Gasteiger partial charge on any atom is -0.381 e. The summed E-state index contributed by atoms with van der Waals surface area (Å²) in [7, 11) is 1.99. The Bertz CT molecular complexity index is 391. The van der Waals surface area contributed by atoms with Gasteiger partial charge in [0.1, 0.15) is 4.88 Å². The van der Waals surface area contributed by atoms with Gasteiger partial charge in [-0.3, -0.25) is 4.79 Å². The van der Waals surface area contributed by atoms with Crippen LogP contribution in [0, 0.1) is 5.92 Å². The average molecular weight is 275 g/mol. The summed E-state index contributed by atoms with van der Waals surface area (Å²) in [5, 5.41) is 1.11. The Morgan fingerprint density at radius 3 is 2.88 bits per heavy atom. The van der Waals surface area contributed by atoms with Crippen molar-refractivity contribution in [2.24, 2.45) is 5.92 Å². The number of hydrogen-bond donors (Lipinski definition) is 0. The van der Waals surface area contributed by atoms with Crippen LogP contribution < -0.4 is 4.90 Å². The first-order valence-corrected chi connectivity index (χ1v) is 6.80. The van der Waals surface area contributed by atoms with Crippen molar-refractivity contribution in [1.29, 1.82) is 0 Å². The third-order valence-corrected chi connectivity index (χ3v) is 4.40. The van der Waals surface area contributed by atoms with E-state index in [1.54, 1.807) is 0 Å². The number of hydrogen-bond acceptors (Lipinski definition) is 5. The maximum Gasteiger partial charge on any atom is 0.187 e. The topological polar surface area (TPSA) is 42.4 Å². The molecule has 0 radical (unpaired) electrons. The third-order valence-electron chi connectivity index (χ3n) is 2.90. The predicted molar refractivity (Wildman–Crippen MR) is 69.3 cm³/mol. The molecule has 0 bridgehead atoms.